The van der Waals surface area contributed by atoms with Crippen LogP contribution in [-0.2, 0) is 11.2 Å². The first kappa shape index (κ1) is 22.5. The number of piperidine rings is 1. The molecule has 1 aliphatic heterocycles. The molecule has 1 aromatic carbocycles. The average molecular weight is 459 g/mol. The van der Waals surface area contributed by atoms with Crippen LogP contribution in [0.3, 0.4) is 0 Å². The molecule has 1 aliphatic carbocycles. The SMILES string of the molecule is CN(C)CC(=O)N1CCC(c2cc(-c3ccc4c(c3)CCC4N=O)c(-c3ccncc3)o2)CC1. The topological polar surface area (TPSA) is 79.0 Å². The third-order valence-corrected chi connectivity index (χ3v) is 7.02. The summed E-state index contributed by atoms with van der Waals surface area (Å²) >= 11 is 0. The van der Waals surface area contributed by atoms with Crippen molar-refractivity contribution in [1.82, 2.24) is 14.8 Å². The predicted molar refractivity (Wildman–Crippen MR) is 131 cm³/mol. The second kappa shape index (κ2) is 9.50. The summed E-state index contributed by atoms with van der Waals surface area (Å²) in [6.07, 6.45) is 6.98. The standard InChI is InChI=1S/C27H30N4O3/c1-30(2)17-26(32)31-13-9-18(10-14-31)25-16-23(27(34-25)19-7-11-28-12-8-19)21-3-5-22-20(15-21)4-6-24(22)29-33/h3,5,7-8,11-12,15-16,18,24H,4,6,9-10,13-14,17H2,1-2H3. The number of fused-ring (bicyclic) bond motifs is 1. The van der Waals surface area contributed by atoms with Crippen LogP contribution in [-0.4, -0.2) is 54.4 Å². The highest BCUT2D eigenvalue weighted by Crippen LogP contribution is 2.42. The number of benzene rings is 1. The first-order valence-electron chi connectivity index (χ1n) is 12.0. The van der Waals surface area contributed by atoms with Gasteiger partial charge in [-0.25, -0.2) is 0 Å². The number of amides is 1. The van der Waals surface area contributed by atoms with Gasteiger partial charge in [-0.05, 0) is 74.7 Å². The van der Waals surface area contributed by atoms with Crippen molar-refractivity contribution in [2.45, 2.75) is 37.6 Å². The number of likely N-dealkylation sites (N-methyl/N-ethyl adjacent to an activating group) is 1. The molecular weight excluding hydrogens is 428 g/mol. The third kappa shape index (κ3) is 4.40. The van der Waals surface area contributed by atoms with Gasteiger partial charge in [0.05, 0.1) is 6.54 Å². The van der Waals surface area contributed by atoms with E-state index < -0.39 is 0 Å². The molecule has 0 N–H and O–H groups in total. The molecule has 0 radical (unpaired) electrons. The summed E-state index contributed by atoms with van der Waals surface area (Å²) in [5.41, 5.74) is 5.37. The van der Waals surface area contributed by atoms with E-state index in [1.54, 1.807) is 12.4 Å². The van der Waals surface area contributed by atoms with E-state index >= 15 is 0 Å². The maximum Gasteiger partial charge on any atom is 0.236 e. The van der Waals surface area contributed by atoms with Crippen molar-refractivity contribution in [1.29, 1.82) is 0 Å². The molecule has 0 saturated carbocycles. The van der Waals surface area contributed by atoms with Crippen LogP contribution < -0.4 is 0 Å². The average Bonchev–Trinajstić information content (AvgIpc) is 3.48. The molecule has 1 atom stereocenters. The minimum atomic E-state index is -0.232. The Morgan fingerprint density at radius 3 is 2.56 bits per heavy atom. The summed E-state index contributed by atoms with van der Waals surface area (Å²) in [6.45, 7) is 1.94. The van der Waals surface area contributed by atoms with Gasteiger partial charge in [0.1, 0.15) is 17.6 Å². The van der Waals surface area contributed by atoms with Crippen LogP contribution in [0, 0.1) is 4.91 Å². The molecule has 1 saturated heterocycles. The van der Waals surface area contributed by atoms with E-state index in [2.05, 4.69) is 28.4 Å². The lowest BCUT2D eigenvalue weighted by atomic mass is 9.92. The van der Waals surface area contributed by atoms with Crippen molar-refractivity contribution in [2.24, 2.45) is 5.18 Å². The molecule has 1 amide bonds. The van der Waals surface area contributed by atoms with Crippen LogP contribution >= 0.6 is 0 Å². The summed E-state index contributed by atoms with van der Waals surface area (Å²) < 4.78 is 6.51. The Balaban J connectivity index is 1.44. The lowest BCUT2D eigenvalue weighted by Crippen LogP contribution is -2.42. The maximum absolute atomic E-state index is 12.4. The van der Waals surface area contributed by atoms with Crippen LogP contribution in [0.5, 0.6) is 0 Å². The van der Waals surface area contributed by atoms with Crippen molar-refractivity contribution in [3.63, 3.8) is 0 Å². The molecule has 2 aliphatic rings. The predicted octanol–water partition coefficient (Wildman–Crippen LogP) is 5.03. The van der Waals surface area contributed by atoms with E-state index in [-0.39, 0.29) is 17.9 Å². The largest absolute Gasteiger partial charge is 0.460 e. The van der Waals surface area contributed by atoms with Gasteiger partial charge in [-0.1, -0.05) is 23.4 Å². The molecule has 176 valence electrons. The molecule has 3 heterocycles. The number of likely N-dealkylation sites (tertiary alicyclic amines) is 1. The molecule has 3 aromatic rings. The van der Waals surface area contributed by atoms with Gasteiger partial charge < -0.3 is 14.2 Å². The van der Waals surface area contributed by atoms with Gasteiger partial charge in [0.25, 0.3) is 0 Å². The minimum Gasteiger partial charge on any atom is -0.460 e. The van der Waals surface area contributed by atoms with Gasteiger partial charge in [0, 0.05) is 42.5 Å². The van der Waals surface area contributed by atoms with Crippen molar-refractivity contribution < 1.29 is 9.21 Å². The molecule has 5 rings (SSSR count). The highest BCUT2D eigenvalue weighted by atomic mass is 16.3. The van der Waals surface area contributed by atoms with Crippen molar-refractivity contribution in [3.05, 3.63) is 70.6 Å². The van der Waals surface area contributed by atoms with Gasteiger partial charge in [-0.15, -0.1) is 0 Å². The summed E-state index contributed by atoms with van der Waals surface area (Å²) in [7, 11) is 3.84. The van der Waals surface area contributed by atoms with Crippen LogP contribution in [0.4, 0.5) is 0 Å². The number of nitrogens with zero attached hydrogens (tertiary/aromatic N) is 4. The van der Waals surface area contributed by atoms with E-state index in [0.29, 0.717) is 6.54 Å². The first-order valence-corrected chi connectivity index (χ1v) is 12.0. The summed E-state index contributed by atoms with van der Waals surface area (Å²) in [6, 6.07) is 12.2. The highest BCUT2D eigenvalue weighted by molar-refractivity contribution is 5.81. The van der Waals surface area contributed by atoms with Crippen LogP contribution in [0.1, 0.15) is 48.1 Å². The van der Waals surface area contributed by atoms with Crippen molar-refractivity contribution >= 4 is 5.91 Å². The van der Waals surface area contributed by atoms with E-state index in [9.17, 15) is 9.70 Å². The van der Waals surface area contributed by atoms with Gasteiger partial charge in [0.15, 0.2) is 0 Å². The number of pyridine rings is 1. The Morgan fingerprint density at radius 2 is 1.85 bits per heavy atom. The van der Waals surface area contributed by atoms with Crippen LogP contribution in [0.25, 0.3) is 22.5 Å². The number of aryl methyl sites for hydroxylation is 1. The molecule has 0 bridgehead atoms. The zero-order valence-electron chi connectivity index (χ0n) is 19.7. The molecular formula is C27H30N4O3. The first-order chi connectivity index (χ1) is 16.5. The van der Waals surface area contributed by atoms with Crippen LogP contribution in [0.15, 0.2) is 58.4 Å². The van der Waals surface area contributed by atoms with E-state index in [4.69, 9.17) is 4.42 Å². The lowest BCUT2D eigenvalue weighted by Gasteiger charge is -2.31. The number of carbonyl (C=O) groups is 1. The molecule has 7 nitrogen and oxygen atoms in total. The Hall–Kier alpha value is -3.32. The number of hydrogen-bond donors (Lipinski definition) is 0. The fourth-order valence-corrected chi connectivity index (χ4v) is 5.20. The van der Waals surface area contributed by atoms with E-state index in [0.717, 1.165) is 72.5 Å². The maximum atomic E-state index is 12.4. The van der Waals surface area contributed by atoms with Crippen LogP contribution in [0.2, 0.25) is 0 Å². The zero-order chi connectivity index (χ0) is 23.7. The monoisotopic (exact) mass is 458 g/mol. The number of rotatable bonds is 6. The Morgan fingerprint density at radius 1 is 1.09 bits per heavy atom. The number of furan rings is 1. The Kier molecular flexibility index (Phi) is 6.28. The van der Waals surface area contributed by atoms with Gasteiger partial charge >= 0.3 is 0 Å². The van der Waals surface area contributed by atoms with Crippen molar-refractivity contribution in [2.75, 3.05) is 33.7 Å². The zero-order valence-corrected chi connectivity index (χ0v) is 19.7. The van der Waals surface area contributed by atoms with Crippen molar-refractivity contribution in [3.8, 4) is 22.5 Å². The van der Waals surface area contributed by atoms with Gasteiger partial charge in [-0.2, -0.15) is 4.91 Å². The third-order valence-electron chi connectivity index (χ3n) is 7.02. The molecule has 1 unspecified atom stereocenters. The lowest BCUT2D eigenvalue weighted by molar-refractivity contribution is -0.132. The summed E-state index contributed by atoms with van der Waals surface area (Å²) in [5, 5.41) is 3.29. The molecule has 1 fully saturated rings. The van der Waals surface area contributed by atoms with Gasteiger partial charge in [0.2, 0.25) is 5.91 Å². The summed E-state index contributed by atoms with van der Waals surface area (Å²) in [4.78, 5) is 31.6. The second-order valence-corrected chi connectivity index (χ2v) is 9.59. The normalized spacial score (nSPS) is 18.3. The Labute approximate surface area is 199 Å². The summed E-state index contributed by atoms with van der Waals surface area (Å²) in [5.74, 6) is 2.26. The molecule has 0 spiro atoms. The quantitative estimate of drug-likeness (QED) is 0.484. The number of nitroso groups, excluding NO2 is 1. The molecule has 34 heavy (non-hydrogen) atoms. The molecule has 7 heteroatoms. The number of hydrogen-bond acceptors (Lipinski definition) is 6. The second-order valence-electron chi connectivity index (χ2n) is 9.59. The fourth-order valence-electron chi connectivity index (χ4n) is 5.20. The van der Waals surface area contributed by atoms with Gasteiger partial charge in [-0.3, -0.25) is 9.78 Å². The van der Waals surface area contributed by atoms with E-state index in [1.165, 1.54) is 5.56 Å². The highest BCUT2D eigenvalue weighted by Gasteiger charge is 2.29. The smallest absolute Gasteiger partial charge is 0.236 e. The number of carbonyl (C=O) groups excluding carboxylic acids is 1. The number of aromatic nitrogens is 1. The van der Waals surface area contributed by atoms with E-state index in [1.807, 2.05) is 42.1 Å². The Bertz CT molecular complexity index is 1180. The molecule has 2 aromatic heterocycles. The fraction of sp³-hybridized carbons (Fsp3) is 0.407. The minimum absolute atomic E-state index is 0.183.